The summed E-state index contributed by atoms with van der Waals surface area (Å²) in [7, 11) is 2.13. The highest BCUT2D eigenvalue weighted by Gasteiger charge is 2.45. The normalized spacial score (nSPS) is 24.5. The molecule has 0 bridgehead atoms. The van der Waals surface area contributed by atoms with Crippen LogP contribution >= 0.6 is 24.2 Å². The summed E-state index contributed by atoms with van der Waals surface area (Å²) in [4.78, 5) is 15.4. The van der Waals surface area contributed by atoms with Gasteiger partial charge in [0.2, 0.25) is 5.12 Å². The van der Waals surface area contributed by atoms with Crippen LogP contribution in [0.4, 0.5) is 0 Å². The van der Waals surface area contributed by atoms with E-state index >= 15 is 0 Å². The summed E-state index contributed by atoms with van der Waals surface area (Å²) < 4.78 is 0. The van der Waals surface area contributed by atoms with Gasteiger partial charge in [0.15, 0.2) is 5.60 Å². The number of thioether (sulfide) groups is 1. The van der Waals surface area contributed by atoms with Crippen molar-refractivity contribution in [2.75, 3.05) is 25.9 Å². The van der Waals surface area contributed by atoms with Crippen LogP contribution in [0.15, 0.2) is 30.3 Å². The predicted octanol–water partition coefficient (Wildman–Crippen LogP) is 4.09. The molecule has 1 aromatic rings. The molecule has 2 unspecified atom stereocenters. The number of aliphatic hydroxyl groups is 1. The highest BCUT2D eigenvalue weighted by molar-refractivity contribution is 8.13. The topological polar surface area (TPSA) is 40.5 Å². The smallest absolute Gasteiger partial charge is 0.225 e. The number of carbonyl (C=O) groups excluding carboxylic acids is 1. The van der Waals surface area contributed by atoms with Gasteiger partial charge in [-0.1, -0.05) is 61.4 Å². The number of hydrogen-bond donors (Lipinski definition) is 1. The van der Waals surface area contributed by atoms with Gasteiger partial charge in [-0.05, 0) is 50.3 Å². The largest absolute Gasteiger partial charge is 0.376 e. The molecule has 1 heterocycles. The van der Waals surface area contributed by atoms with Crippen molar-refractivity contribution in [3.8, 4) is 0 Å². The molecule has 5 heteroatoms. The number of carbonyl (C=O) groups is 1. The third kappa shape index (κ3) is 4.79. The fourth-order valence-corrected chi connectivity index (χ4v) is 5.36. The van der Waals surface area contributed by atoms with Gasteiger partial charge < -0.3 is 10.0 Å². The summed E-state index contributed by atoms with van der Waals surface area (Å²) in [5.74, 6) is 1.45. The summed E-state index contributed by atoms with van der Waals surface area (Å²) in [5.41, 5.74) is -0.547. The molecule has 0 aromatic heterocycles. The van der Waals surface area contributed by atoms with Crippen LogP contribution in [-0.4, -0.2) is 41.0 Å². The SMILES string of the molecule is CN1CCC(CSC(=O)C(O)(c2ccccc2)C2CCCCC2)C1.Cl. The second kappa shape index (κ2) is 9.40. The lowest BCUT2D eigenvalue weighted by molar-refractivity contribution is -0.136. The van der Waals surface area contributed by atoms with Crippen molar-refractivity contribution in [1.82, 2.24) is 4.90 Å². The van der Waals surface area contributed by atoms with Crippen LogP contribution in [0.3, 0.4) is 0 Å². The van der Waals surface area contributed by atoms with E-state index in [2.05, 4.69) is 11.9 Å². The minimum atomic E-state index is -1.32. The van der Waals surface area contributed by atoms with E-state index in [-0.39, 0.29) is 23.4 Å². The minimum Gasteiger partial charge on any atom is -0.376 e. The average Bonchev–Trinajstić information content (AvgIpc) is 3.05. The second-order valence-electron chi connectivity index (χ2n) is 7.48. The Morgan fingerprint density at radius 1 is 1.20 bits per heavy atom. The molecule has 0 amide bonds. The number of hydrogen-bond acceptors (Lipinski definition) is 4. The molecule has 1 N–H and O–H groups in total. The minimum absolute atomic E-state index is 0. The molecule has 2 fully saturated rings. The molecule has 1 saturated carbocycles. The zero-order chi connectivity index (χ0) is 17.0. The summed E-state index contributed by atoms with van der Waals surface area (Å²) in [6.07, 6.45) is 6.51. The van der Waals surface area contributed by atoms with E-state index in [4.69, 9.17) is 0 Å². The Kier molecular flexibility index (Phi) is 7.81. The van der Waals surface area contributed by atoms with Gasteiger partial charge in [-0.3, -0.25) is 4.79 Å². The van der Waals surface area contributed by atoms with E-state index in [9.17, 15) is 9.90 Å². The van der Waals surface area contributed by atoms with Crippen LogP contribution in [0.2, 0.25) is 0 Å². The highest BCUT2D eigenvalue weighted by Crippen LogP contribution is 2.42. The average molecular weight is 384 g/mol. The van der Waals surface area contributed by atoms with Crippen molar-refractivity contribution < 1.29 is 9.90 Å². The van der Waals surface area contributed by atoms with Crippen LogP contribution in [0, 0.1) is 11.8 Å². The molecule has 2 aliphatic rings. The van der Waals surface area contributed by atoms with Crippen LogP contribution in [-0.2, 0) is 10.4 Å². The Labute approximate surface area is 162 Å². The standard InChI is InChI=1S/C20H29NO2S.ClH/c1-21-13-12-16(14-21)15-24-19(22)20(23,17-8-4-2-5-9-17)18-10-6-3-7-11-18;/h2,4-5,8-9,16,18,23H,3,6-7,10-15H2,1H3;1H. The number of nitrogens with zero attached hydrogens (tertiary/aromatic N) is 1. The molecule has 3 nitrogen and oxygen atoms in total. The maximum Gasteiger partial charge on any atom is 0.225 e. The lowest BCUT2D eigenvalue weighted by Crippen LogP contribution is -2.43. The van der Waals surface area contributed by atoms with Gasteiger partial charge in [-0.15, -0.1) is 12.4 Å². The maximum absolute atomic E-state index is 13.1. The van der Waals surface area contributed by atoms with Gasteiger partial charge in [-0.2, -0.15) is 0 Å². The van der Waals surface area contributed by atoms with Crippen molar-refractivity contribution in [2.45, 2.75) is 44.1 Å². The van der Waals surface area contributed by atoms with Crippen molar-refractivity contribution in [1.29, 1.82) is 0 Å². The Morgan fingerprint density at radius 2 is 1.88 bits per heavy atom. The van der Waals surface area contributed by atoms with Crippen LogP contribution in [0.1, 0.15) is 44.1 Å². The highest BCUT2D eigenvalue weighted by atomic mass is 35.5. The van der Waals surface area contributed by atoms with E-state index < -0.39 is 5.60 Å². The van der Waals surface area contributed by atoms with Gasteiger partial charge >= 0.3 is 0 Å². The molecule has 25 heavy (non-hydrogen) atoms. The van der Waals surface area contributed by atoms with E-state index in [1.807, 2.05) is 30.3 Å². The third-order valence-corrected chi connectivity index (χ3v) is 6.87. The van der Waals surface area contributed by atoms with Crippen LogP contribution in [0.25, 0.3) is 0 Å². The zero-order valence-corrected chi connectivity index (χ0v) is 16.7. The molecular formula is C20H30ClNO2S. The summed E-state index contributed by atoms with van der Waals surface area (Å²) in [6, 6.07) is 9.61. The van der Waals surface area contributed by atoms with Crippen molar-refractivity contribution in [3.05, 3.63) is 35.9 Å². The Balaban J connectivity index is 0.00000225. The lowest BCUT2D eigenvalue weighted by Gasteiger charge is -2.37. The first-order valence-corrected chi connectivity index (χ1v) is 10.2. The second-order valence-corrected chi connectivity index (χ2v) is 8.48. The van der Waals surface area contributed by atoms with Gasteiger partial charge in [-0.25, -0.2) is 0 Å². The number of rotatable bonds is 5. The van der Waals surface area contributed by atoms with Gasteiger partial charge in [0.05, 0.1) is 0 Å². The maximum atomic E-state index is 13.1. The van der Waals surface area contributed by atoms with E-state index in [0.717, 1.165) is 56.5 Å². The fourth-order valence-electron chi connectivity index (χ4n) is 4.20. The quantitative estimate of drug-likeness (QED) is 0.831. The Morgan fingerprint density at radius 3 is 2.48 bits per heavy atom. The molecule has 0 spiro atoms. The molecule has 1 aromatic carbocycles. The molecule has 1 saturated heterocycles. The monoisotopic (exact) mass is 383 g/mol. The Hall–Kier alpha value is -0.550. The van der Waals surface area contributed by atoms with E-state index in [0.29, 0.717) is 5.92 Å². The van der Waals surface area contributed by atoms with Gasteiger partial charge in [0.25, 0.3) is 0 Å². The van der Waals surface area contributed by atoms with Crippen molar-refractivity contribution in [3.63, 3.8) is 0 Å². The Bertz CT molecular complexity index is 550. The molecule has 2 atom stereocenters. The summed E-state index contributed by atoms with van der Waals surface area (Å²) in [5, 5.41) is 11.5. The first-order valence-electron chi connectivity index (χ1n) is 9.24. The molecule has 1 aliphatic heterocycles. The predicted molar refractivity (Wildman–Crippen MR) is 107 cm³/mol. The first kappa shape index (κ1) is 20.8. The number of likely N-dealkylation sites (tertiary alicyclic amines) is 1. The molecule has 0 radical (unpaired) electrons. The third-order valence-electron chi connectivity index (χ3n) is 5.66. The molecule has 140 valence electrons. The van der Waals surface area contributed by atoms with Crippen molar-refractivity contribution in [2.24, 2.45) is 11.8 Å². The van der Waals surface area contributed by atoms with Crippen LogP contribution in [0.5, 0.6) is 0 Å². The number of benzene rings is 1. The first-order chi connectivity index (χ1) is 11.6. The fraction of sp³-hybridized carbons (Fsp3) is 0.650. The van der Waals surface area contributed by atoms with E-state index in [1.165, 1.54) is 18.2 Å². The van der Waals surface area contributed by atoms with Crippen molar-refractivity contribution >= 4 is 29.3 Å². The molecular weight excluding hydrogens is 354 g/mol. The van der Waals surface area contributed by atoms with Crippen LogP contribution < -0.4 is 0 Å². The van der Waals surface area contributed by atoms with Gasteiger partial charge in [0.1, 0.15) is 0 Å². The molecule has 3 rings (SSSR count). The lowest BCUT2D eigenvalue weighted by atomic mass is 9.74. The van der Waals surface area contributed by atoms with Gasteiger partial charge in [0, 0.05) is 12.3 Å². The zero-order valence-electron chi connectivity index (χ0n) is 15.0. The molecule has 1 aliphatic carbocycles. The summed E-state index contributed by atoms with van der Waals surface area (Å²) >= 11 is 1.36. The summed E-state index contributed by atoms with van der Waals surface area (Å²) in [6.45, 7) is 2.18. The van der Waals surface area contributed by atoms with E-state index in [1.54, 1.807) is 0 Å². The number of halogens is 1.